The Balaban J connectivity index is 2.33. The van der Waals surface area contributed by atoms with Crippen molar-refractivity contribution in [2.75, 3.05) is 6.61 Å². The minimum atomic E-state index is -0.512. The second kappa shape index (κ2) is 6.41. The van der Waals surface area contributed by atoms with E-state index < -0.39 is 11.9 Å². The van der Waals surface area contributed by atoms with Crippen LogP contribution in [0.1, 0.15) is 29.9 Å². The highest BCUT2D eigenvalue weighted by molar-refractivity contribution is 5.95. The summed E-state index contributed by atoms with van der Waals surface area (Å²) in [4.78, 5) is 12.0. The van der Waals surface area contributed by atoms with Gasteiger partial charge in [-0.25, -0.2) is 4.68 Å². The Kier molecular flexibility index (Phi) is 4.59. The molecule has 112 valence electrons. The van der Waals surface area contributed by atoms with E-state index in [-0.39, 0.29) is 18.1 Å². The summed E-state index contributed by atoms with van der Waals surface area (Å²) in [6, 6.07) is 7.26. The predicted octanol–water partition coefficient (Wildman–Crippen LogP) is 1.25. The number of nitrogens with zero attached hydrogens (tertiary/aromatic N) is 2. The number of carbonyl (C=O) groups excluding carboxylic acids is 1. The number of hydrogen-bond acceptors (Lipinski definition) is 4. The van der Waals surface area contributed by atoms with Gasteiger partial charge in [-0.3, -0.25) is 4.79 Å². The second-order valence-corrected chi connectivity index (χ2v) is 4.85. The van der Waals surface area contributed by atoms with Crippen LogP contribution in [0.25, 0.3) is 5.69 Å². The van der Waals surface area contributed by atoms with Crippen LogP contribution in [0.15, 0.2) is 30.5 Å². The monoisotopic (exact) mass is 289 g/mol. The van der Waals surface area contributed by atoms with Crippen LogP contribution in [0.2, 0.25) is 0 Å². The molecule has 0 radical (unpaired) electrons. The number of aryl methyl sites for hydroxylation is 1. The molecule has 2 aromatic rings. The molecule has 1 amide bonds. The van der Waals surface area contributed by atoms with Crippen molar-refractivity contribution in [2.45, 2.75) is 26.3 Å². The molecular formula is C15H19N3O3. The number of aromatic nitrogens is 2. The van der Waals surface area contributed by atoms with Crippen molar-refractivity contribution >= 4 is 5.91 Å². The quantitative estimate of drug-likeness (QED) is 0.773. The first-order chi connectivity index (χ1) is 10.1. The molecule has 0 saturated heterocycles. The summed E-state index contributed by atoms with van der Waals surface area (Å²) in [5.41, 5.74) is 1.83. The molecule has 1 atom stereocenters. The average molecular weight is 289 g/mol. The number of aliphatic hydroxyl groups is 1. The van der Waals surface area contributed by atoms with Crippen LogP contribution < -0.4 is 5.32 Å². The largest absolute Gasteiger partial charge is 0.504 e. The van der Waals surface area contributed by atoms with Gasteiger partial charge in [-0.15, -0.1) is 0 Å². The molecule has 0 aliphatic rings. The van der Waals surface area contributed by atoms with Gasteiger partial charge in [0.05, 0.1) is 18.5 Å². The number of benzene rings is 1. The molecule has 0 bridgehead atoms. The van der Waals surface area contributed by atoms with Crippen LogP contribution in [0.4, 0.5) is 0 Å². The molecule has 0 aliphatic carbocycles. The number of aliphatic hydroxyl groups excluding tert-OH is 1. The molecule has 0 fully saturated rings. The minimum absolute atomic E-state index is 0.0544. The summed E-state index contributed by atoms with van der Waals surface area (Å²) >= 11 is 0. The maximum Gasteiger partial charge on any atom is 0.275 e. The zero-order valence-corrected chi connectivity index (χ0v) is 12.1. The SMILES string of the molecule is CCc1ccccc1-n1cc(O)c(C(=O)N[C@@H](C)CO)n1. The summed E-state index contributed by atoms with van der Waals surface area (Å²) in [6.07, 6.45) is 2.23. The highest BCUT2D eigenvalue weighted by atomic mass is 16.3. The Morgan fingerprint density at radius 1 is 1.43 bits per heavy atom. The number of carbonyl (C=O) groups is 1. The van der Waals surface area contributed by atoms with Gasteiger partial charge in [0.1, 0.15) is 0 Å². The van der Waals surface area contributed by atoms with Crippen LogP contribution in [-0.4, -0.2) is 38.5 Å². The van der Waals surface area contributed by atoms with E-state index in [1.54, 1.807) is 6.92 Å². The van der Waals surface area contributed by atoms with Gasteiger partial charge < -0.3 is 15.5 Å². The van der Waals surface area contributed by atoms with Crippen molar-refractivity contribution in [2.24, 2.45) is 0 Å². The van der Waals surface area contributed by atoms with Crippen molar-refractivity contribution in [3.8, 4) is 11.4 Å². The minimum Gasteiger partial charge on any atom is -0.504 e. The average Bonchev–Trinajstić information content (AvgIpc) is 2.88. The summed E-state index contributed by atoms with van der Waals surface area (Å²) in [7, 11) is 0. The van der Waals surface area contributed by atoms with E-state index in [2.05, 4.69) is 10.4 Å². The lowest BCUT2D eigenvalue weighted by atomic mass is 10.1. The molecule has 1 aromatic heterocycles. The first-order valence-corrected chi connectivity index (χ1v) is 6.85. The lowest BCUT2D eigenvalue weighted by Gasteiger charge is -2.09. The first kappa shape index (κ1) is 15.1. The fourth-order valence-corrected chi connectivity index (χ4v) is 2.02. The van der Waals surface area contributed by atoms with Gasteiger partial charge in [0.15, 0.2) is 11.4 Å². The smallest absolute Gasteiger partial charge is 0.275 e. The fourth-order valence-electron chi connectivity index (χ4n) is 2.02. The van der Waals surface area contributed by atoms with E-state index in [1.807, 2.05) is 31.2 Å². The molecule has 3 N–H and O–H groups in total. The van der Waals surface area contributed by atoms with Crippen molar-refractivity contribution in [1.29, 1.82) is 0 Å². The van der Waals surface area contributed by atoms with E-state index in [1.165, 1.54) is 10.9 Å². The lowest BCUT2D eigenvalue weighted by molar-refractivity contribution is 0.0914. The van der Waals surface area contributed by atoms with Crippen molar-refractivity contribution in [1.82, 2.24) is 15.1 Å². The molecule has 0 saturated carbocycles. The maximum atomic E-state index is 12.0. The van der Waals surface area contributed by atoms with Gasteiger partial charge in [-0.05, 0) is 25.0 Å². The standard InChI is InChI=1S/C15H19N3O3/c1-3-11-6-4-5-7-12(11)18-8-13(20)14(17-18)15(21)16-10(2)9-19/h4-8,10,19-20H,3,9H2,1-2H3,(H,16,21)/t10-/m0/s1. The molecule has 0 aliphatic heterocycles. The van der Waals surface area contributed by atoms with Gasteiger partial charge >= 0.3 is 0 Å². The molecule has 0 unspecified atom stereocenters. The third-order valence-electron chi connectivity index (χ3n) is 3.18. The number of nitrogens with one attached hydrogen (secondary N) is 1. The van der Waals surface area contributed by atoms with Gasteiger partial charge in [0.25, 0.3) is 5.91 Å². The van der Waals surface area contributed by atoms with E-state index in [9.17, 15) is 9.90 Å². The maximum absolute atomic E-state index is 12.0. The number of amides is 1. The van der Waals surface area contributed by atoms with Gasteiger partial charge in [-0.2, -0.15) is 5.10 Å². The van der Waals surface area contributed by atoms with Crippen LogP contribution in [0.3, 0.4) is 0 Å². The normalized spacial score (nSPS) is 12.1. The number of rotatable bonds is 5. The van der Waals surface area contributed by atoms with E-state index in [0.717, 1.165) is 17.7 Å². The van der Waals surface area contributed by atoms with Crippen molar-refractivity contribution in [3.05, 3.63) is 41.7 Å². The van der Waals surface area contributed by atoms with Crippen LogP contribution in [-0.2, 0) is 6.42 Å². The Morgan fingerprint density at radius 2 is 2.14 bits per heavy atom. The Labute approximate surface area is 123 Å². The molecule has 2 rings (SSSR count). The Morgan fingerprint density at radius 3 is 2.81 bits per heavy atom. The summed E-state index contributed by atoms with van der Waals surface area (Å²) in [6.45, 7) is 3.52. The van der Waals surface area contributed by atoms with Gasteiger partial charge in [0.2, 0.25) is 0 Å². The molecule has 6 heteroatoms. The molecule has 1 aromatic carbocycles. The van der Waals surface area contributed by atoms with Crippen LogP contribution in [0.5, 0.6) is 5.75 Å². The highest BCUT2D eigenvalue weighted by Crippen LogP contribution is 2.21. The van der Waals surface area contributed by atoms with Crippen LogP contribution >= 0.6 is 0 Å². The summed E-state index contributed by atoms with van der Waals surface area (Å²) in [5.74, 6) is -0.703. The topological polar surface area (TPSA) is 87.4 Å². The van der Waals surface area contributed by atoms with Crippen molar-refractivity contribution < 1.29 is 15.0 Å². The zero-order chi connectivity index (χ0) is 15.4. The first-order valence-electron chi connectivity index (χ1n) is 6.85. The Hall–Kier alpha value is -2.34. The molecule has 21 heavy (non-hydrogen) atoms. The van der Waals surface area contributed by atoms with Gasteiger partial charge in [0, 0.05) is 6.04 Å². The molecule has 6 nitrogen and oxygen atoms in total. The number of hydrogen-bond donors (Lipinski definition) is 3. The number of para-hydroxylation sites is 1. The molecular weight excluding hydrogens is 270 g/mol. The van der Waals surface area contributed by atoms with E-state index in [4.69, 9.17) is 5.11 Å². The molecule has 1 heterocycles. The third kappa shape index (κ3) is 3.22. The third-order valence-corrected chi connectivity index (χ3v) is 3.18. The fraction of sp³-hybridized carbons (Fsp3) is 0.333. The van der Waals surface area contributed by atoms with Gasteiger partial charge in [-0.1, -0.05) is 25.1 Å². The lowest BCUT2D eigenvalue weighted by Crippen LogP contribution is -2.35. The predicted molar refractivity (Wildman–Crippen MR) is 78.6 cm³/mol. The molecule has 0 spiro atoms. The number of aromatic hydroxyl groups is 1. The summed E-state index contributed by atoms with van der Waals surface area (Å²) < 4.78 is 1.49. The van der Waals surface area contributed by atoms with Crippen LogP contribution in [0, 0.1) is 0 Å². The highest BCUT2D eigenvalue weighted by Gasteiger charge is 2.19. The van der Waals surface area contributed by atoms with Crippen molar-refractivity contribution in [3.63, 3.8) is 0 Å². The van der Waals surface area contributed by atoms with E-state index >= 15 is 0 Å². The summed E-state index contributed by atoms with van der Waals surface area (Å²) in [5, 5.41) is 25.6. The second-order valence-electron chi connectivity index (χ2n) is 4.85. The zero-order valence-electron chi connectivity index (χ0n) is 12.1. The van der Waals surface area contributed by atoms with E-state index in [0.29, 0.717) is 0 Å². The Bertz CT molecular complexity index is 637.